The molecular weight excluding hydrogens is 222 g/mol. The van der Waals surface area contributed by atoms with Crippen molar-refractivity contribution in [2.75, 3.05) is 20.6 Å². The lowest BCUT2D eigenvalue weighted by atomic mass is 10.0. The van der Waals surface area contributed by atoms with Gasteiger partial charge in [-0.1, -0.05) is 0 Å². The zero-order valence-corrected chi connectivity index (χ0v) is 10.8. The monoisotopic (exact) mass is 241 g/mol. The summed E-state index contributed by atoms with van der Waals surface area (Å²) >= 11 is 1.64. The molecule has 1 aromatic rings. The van der Waals surface area contributed by atoms with Gasteiger partial charge in [-0.3, -0.25) is 9.69 Å². The first-order chi connectivity index (χ1) is 7.56. The molecule has 5 heteroatoms. The van der Waals surface area contributed by atoms with Crippen molar-refractivity contribution in [2.45, 2.75) is 19.0 Å². The molecule has 16 heavy (non-hydrogen) atoms. The van der Waals surface area contributed by atoms with Gasteiger partial charge in [-0.15, -0.1) is 0 Å². The third-order valence-electron chi connectivity index (χ3n) is 2.53. The average Bonchev–Trinajstić information content (AvgIpc) is 2.70. The van der Waals surface area contributed by atoms with Crippen LogP contribution in [0.2, 0.25) is 0 Å². The van der Waals surface area contributed by atoms with Gasteiger partial charge in [0, 0.05) is 13.1 Å². The first-order valence-corrected chi connectivity index (χ1v) is 6.19. The number of carbonyl (C=O) groups excluding carboxylic acids is 1. The van der Waals surface area contributed by atoms with E-state index in [4.69, 9.17) is 5.73 Å². The van der Waals surface area contributed by atoms with E-state index in [1.807, 2.05) is 24.3 Å². The van der Waals surface area contributed by atoms with Crippen molar-refractivity contribution in [3.8, 4) is 0 Å². The van der Waals surface area contributed by atoms with E-state index in [9.17, 15) is 4.79 Å². The van der Waals surface area contributed by atoms with Gasteiger partial charge in [-0.2, -0.15) is 11.3 Å². The van der Waals surface area contributed by atoms with Crippen LogP contribution in [0.5, 0.6) is 0 Å². The molecule has 0 saturated carbocycles. The molecule has 1 amide bonds. The van der Waals surface area contributed by atoms with Crippen LogP contribution in [-0.2, 0) is 4.79 Å². The van der Waals surface area contributed by atoms with E-state index in [2.05, 4.69) is 16.8 Å². The fourth-order valence-electron chi connectivity index (χ4n) is 1.81. The Hall–Kier alpha value is -0.910. The zero-order valence-electron chi connectivity index (χ0n) is 9.93. The summed E-state index contributed by atoms with van der Waals surface area (Å²) in [5, 5.41) is 6.72. The highest BCUT2D eigenvalue weighted by molar-refractivity contribution is 7.07. The van der Waals surface area contributed by atoms with Gasteiger partial charge in [0.15, 0.2) is 0 Å². The number of hydrogen-bond donors (Lipinski definition) is 2. The van der Waals surface area contributed by atoms with E-state index in [0.29, 0.717) is 6.54 Å². The van der Waals surface area contributed by atoms with Crippen molar-refractivity contribution in [2.24, 2.45) is 5.73 Å². The lowest BCUT2D eigenvalue weighted by molar-refractivity contribution is -0.122. The van der Waals surface area contributed by atoms with Crippen LogP contribution in [0.25, 0.3) is 0 Å². The van der Waals surface area contributed by atoms with Crippen LogP contribution in [0.15, 0.2) is 16.8 Å². The first kappa shape index (κ1) is 13.2. The first-order valence-electron chi connectivity index (χ1n) is 5.24. The van der Waals surface area contributed by atoms with Gasteiger partial charge < -0.3 is 11.1 Å². The standard InChI is InChI=1S/C11H19N3OS/c1-8(12)11(9-4-5-16-7-9)14(3)6-10(15)13-2/h4-5,7-8,11H,6,12H2,1-3H3,(H,13,15). The lowest BCUT2D eigenvalue weighted by Crippen LogP contribution is -2.41. The lowest BCUT2D eigenvalue weighted by Gasteiger charge is -2.29. The molecule has 1 heterocycles. The molecule has 0 spiro atoms. The Labute approximate surface area is 100 Å². The van der Waals surface area contributed by atoms with Crippen molar-refractivity contribution >= 4 is 17.2 Å². The predicted octanol–water partition coefficient (Wildman–Crippen LogP) is 0.814. The number of nitrogens with one attached hydrogen (secondary N) is 1. The van der Waals surface area contributed by atoms with Crippen LogP contribution >= 0.6 is 11.3 Å². The van der Waals surface area contributed by atoms with E-state index in [0.717, 1.165) is 0 Å². The van der Waals surface area contributed by atoms with Crippen molar-refractivity contribution in [1.82, 2.24) is 10.2 Å². The molecule has 0 aliphatic heterocycles. The average molecular weight is 241 g/mol. The van der Waals surface area contributed by atoms with E-state index in [1.165, 1.54) is 5.56 Å². The highest BCUT2D eigenvalue weighted by Gasteiger charge is 2.22. The van der Waals surface area contributed by atoms with Gasteiger partial charge in [0.25, 0.3) is 0 Å². The number of likely N-dealkylation sites (N-methyl/N-ethyl adjacent to an activating group) is 2. The minimum atomic E-state index is -0.00995. The summed E-state index contributed by atoms with van der Waals surface area (Å²) < 4.78 is 0. The van der Waals surface area contributed by atoms with Crippen LogP contribution < -0.4 is 11.1 Å². The fourth-order valence-corrected chi connectivity index (χ4v) is 2.50. The summed E-state index contributed by atoms with van der Waals surface area (Å²) in [6, 6.07) is 2.13. The Morgan fingerprint density at radius 2 is 2.38 bits per heavy atom. The highest BCUT2D eigenvalue weighted by Crippen LogP contribution is 2.23. The van der Waals surface area contributed by atoms with E-state index >= 15 is 0 Å². The number of thiophene rings is 1. The maximum absolute atomic E-state index is 11.3. The van der Waals surface area contributed by atoms with Crippen molar-refractivity contribution in [3.05, 3.63) is 22.4 Å². The van der Waals surface area contributed by atoms with E-state index < -0.39 is 0 Å². The summed E-state index contributed by atoms with van der Waals surface area (Å²) in [5.41, 5.74) is 7.15. The summed E-state index contributed by atoms with van der Waals surface area (Å²) in [5.74, 6) is 0.00313. The summed E-state index contributed by atoms with van der Waals surface area (Å²) in [6.07, 6.45) is 0. The molecule has 0 aliphatic carbocycles. The number of nitrogens with zero attached hydrogens (tertiary/aromatic N) is 1. The Bertz CT molecular complexity index is 324. The molecule has 0 saturated heterocycles. The van der Waals surface area contributed by atoms with Gasteiger partial charge >= 0.3 is 0 Å². The molecular formula is C11H19N3OS. The Morgan fingerprint density at radius 3 is 2.81 bits per heavy atom. The summed E-state index contributed by atoms with van der Waals surface area (Å²) in [7, 11) is 3.56. The zero-order chi connectivity index (χ0) is 12.1. The van der Waals surface area contributed by atoms with Crippen LogP contribution in [0.3, 0.4) is 0 Å². The van der Waals surface area contributed by atoms with E-state index in [1.54, 1.807) is 18.4 Å². The summed E-state index contributed by atoms with van der Waals surface area (Å²) in [6.45, 7) is 2.32. The van der Waals surface area contributed by atoms with Crippen LogP contribution in [0.1, 0.15) is 18.5 Å². The Morgan fingerprint density at radius 1 is 1.69 bits per heavy atom. The van der Waals surface area contributed by atoms with Crippen molar-refractivity contribution in [1.29, 1.82) is 0 Å². The topological polar surface area (TPSA) is 58.4 Å². The molecule has 1 rings (SSSR count). The minimum absolute atomic E-state index is 0.00313. The Kier molecular flexibility index (Phi) is 4.92. The van der Waals surface area contributed by atoms with Gasteiger partial charge in [-0.05, 0) is 36.4 Å². The second kappa shape index (κ2) is 5.98. The number of nitrogens with two attached hydrogens (primary N) is 1. The SMILES string of the molecule is CNC(=O)CN(C)C(c1ccsc1)C(C)N. The predicted molar refractivity (Wildman–Crippen MR) is 67.4 cm³/mol. The smallest absolute Gasteiger partial charge is 0.233 e. The van der Waals surface area contributed by atoms with Crippen molar-refractivity contribution < 1.29 is 4.79 Å². The van der Waals surface area contributed by atoms with Crippen LogP contribution in [-0.4, -0.2) is 37.5 Å². The van der Waals surface area contributed by atoms with Gasteiger partial charge in [0.1, 0.15) is 0 Å². The maximum Gasteiger partial charge on any atom is 0.233 e. The minimum Gasteiger partial charge on any atom is -0.358 e. The Balaban J connectivity index is 2.75. The molecule has 0 radical (unpaired) electrons. The molecule has 0 fully saturated rings. The molecule has 90 valence electrons. The largest absolute Gasteiger partial charge is 0.358 e. The number of hydrogen-bond acceptors (Lipinski definition) is 4. The third kappa shape index (κ3) is 3.30. The van der Waals surface area contributed by atoms with Crippen LogP contribution in [0.4, 0.5) is 0 Å². The number of carbonyl (C=O) groups is 1. The van der Waals surface area contributed by atoms with E-state index in [-0.39, 0.29) is 18.0 Å². The molecule has 0 aromatic carbocycles. The van der Waals surface area contributed by atoms with Gasteiger partial charge in [0.05, 0.1) is 12.6 Å². The fraction of sp³-hybridized carbons (Fsp3) is 0.545. The maximum atomic E-state index is 11.3. The second-order valence-corrected chi connectivity index (χ2v) is 4.73. The number of rotatable bonds is 5. The molecule has 2 atom stereocenters. The van der Waals surface area contributed by atoms with Gasteiger partial charge in [-0.25, -0.2) is 0 Å². The molecule has 1 aromatic heterocycles. The molecule has 3 N–H and O–H groups in total. The molecule has 0 bridgehead atoms. The van der Waals surface area contributed by atoms with Crippen LogP contribution in [0, 0.1) is 0 Å². The van der Waals surface area contributed by atoms with Crippen molar-refractivity contribution in [3.63, 3.8) is 0 Å². The molecule has 0 aliphatic rings. The second-order valence-electron chi connectivity index (χ2n) is 3.95. The quantitative estimate of drug-likeness (QED) is 0.802. The highest BCUT2D eigenvalue weighted by atomic mass is 32.1. The summed E-state index contributed by atoms with van der Waals surface area (Å²) in [4.78, 5) is 13.3. The molecule has 2 unspecified atom stereocenters. The van der Waals surface area contributed by atoms with Gasteiger partial charge in [0.2, 0.25) is 5.91 Å². The number of amides is 1. The molecule has 4 nitrogen and oxygen atoms in total. The third-order valence-corrected chi connectivity index (χ3v) is 3.23. The normalized spacial score (nSPS) is 14.8.